The van der Waals surface area contributed by atoms with Crippen LogP contribution in [0.15, 0.2) is 88.7 Å². The third kappa shape index (κ3) is 4.74. The van der Waals surface area contributed by atoms with Gasteiger partial charge in [-0.2, -0.15) is 0 Å². The summed E-state index contributed by atoms with van der Waals surface area (Å²) in [5.74, 6) is -0.338. The van der Waals surface area contributed by atoms with E-state index in [2.05, 4.69) is 10.6 Å². The Morgan fingerprint density at radius 2 is 1.42 bits per heavy atom. The van der Waals surface area contributed by atoms with Crippen molar-refractivity contribution >= 4 is 35.0 Å². The van der Waals surface area contributed by atoms with Crippen molar-refractivity contribution in [1.82, 2.24) is 0 Å². The number of benzene rings is 3. The lowest BCUT2D eigenvalue weighted by Crippen LogP contribution is -2.13. The van der Waals surface area contributed by atoms with Gasteiger partial charge in [-0.15, -0.1) is 0 Å². The third-order valence-corrected chi connectivity index (χ3v) is 4.66. The summed E-state index contributed by atoms with van der Waals surface area (Å²) in [6.45, 7) is 1.45. The standard InChI is InChI=1S/C21H18N2O2S/c1-15(24)22-17-13-11-16(12-14-17)21(25)23-19-9-5-6-10-20(19)26-18-7-3-2-4-8-18/h2-14H,1H3,(H,22,24)(H,23,25). The Labute approximate surface area is 156 Å². The zero-order valence-electron chi connectivity index (χ0n) is 14.2. The number of rotatable bonds is 5. The lowest BCUT2D eigenvalue weighted by atomic mass is 10.2. The molecule has 3 aromatic carbocycles. The second-order valence-electron chi connectivity index (χ2n) is 5.62. The monoisotopic (exact) mass is 362 g/mol. The molecule has 0 spiro atoms. The number of carbonyl (C=O) groups excluding carboxylic acids is 2. The first-order valence-corrected chi connectivity index (χ1v) is 8.94. The molecule has 2 N–H and O–H groups in total. The number of nitrogens with one attached hydrogen (secondary N) is 2. The largest absolute Gasteiger partial charge is 0.326 e. The summed E-state index contributed by atoms with van der Waals surface area (Å²) < 4.78 is 0. The SMILES string of the molecule is CC(=O)Nc1ccc(C(=O)Nc2ccccc2Sc2ccccc2)cc1. The number of hydrogen-bond acceptors (Lipinski definition) is 3. The van der Waals surface area contributed by atoms with Crippen molar-refractivity contribution in [2.24, 2.45) is 0 Å². The number of hydrogen-bond donors (Lipinski definition) is 2. The Morgan fingerprint density at radius 1 is 0.769 bits per heavy atom. The summed E-state index contributed by atoms with van der Waals surface area (Å²) in [6.07, 6.45) is 0. The van der Waals surface area contributed by atoms with Gasteiger partial charge in [-0.3, -0.25) is 9.59 Å². The molecule has 0 bridgehead atoms. The van der Waals surface area contributed by atoms with Gasteiger partial charge < -0.3 is 10.6 Å². The first kappa shape index (κ1) is 17.8. The molecular weight excluding hydrogens is 344 g/mol. The topological polar surface area (TPSA) is 58.2 Å². The van der Waals surface area contributed by atoms with E-state index in [9.17, 15) is 9.59 Å². The lowest BCUT2D eigenvalue weighted by Gasteiger charge is -2.11. The van der Waals surface area contributed by atoms with E-state index in [4.69, 9.17) is 0 Å². The summed E-state index contributed by atoms with van der Waals surface area (Å²) in [5.41, 5.74) is 1.95. The summed E-state index contributed by atoms with van der Waals surface area (Å²) in [6, 6.07) is 24.5. The average molecular weight is 362 g/mol. The quantitative estimate of drug-likeness (QED) is 0.668. The van der Waals surface area contributed by atoms with Crippen LogP contribution in [0, 0.1) is 0 Å². The maximum absolute atomic E-state index is 12.5. The van der Waals surface area contributed by atoms with Crippen molar-refractivity contribution in [2.75, 3.05) is 10.6 Å². The highest BCUT2D eigenvalue weighted by Gasteiger charge is 2.10. The Hall–Kier alpha value is -3.05. The smallest absolute Gasteiger partial charge is 0.255 e. The van der Waals surface area contributed by atoms with E-state index in [-0.39, 0.29) is 11.8 Å². The summed E-state index contributed by atoms with van der Waals surface area (Å²) in [4.78, 5) is 25.7. The Kier molecular flexibility index (Phi) is 5.71. The predicted octanol–water partition coefficient (Wildman–Crippen LogP) is 5.05. The van der Waals surface area contributed by atoms with Crippen LogP contribution < -0.4 is 10.6 Å². The molecule has 0 radical (unpaired) electrons. The van der Waals surface area contributed by atoms with Crippen molar-refractivity contribution in [3.63, 3.8) is 0 Å². The van der Waals surface area contributed by atoms with Crippen LogP contribution in [0.25, 0.3) is 0 Å². The van der Waals surface area contributed by atoms with Crippen LogP contribution in [0.3, 0.4) is 0 Å². The van der Waals surface area contributed by atoms with Gasteiger partial charge in [0, 0.05) is 28.0 Å². The van der Waals surface area contributed by atoms with Gasteiger partial charge in [-0.05, 0) is 48.5 Å². The maximum atomic E-state index is 12.5. The molecule has 0 saturated carbocycles. The molecule has 0 saturated heterocycles. The number of para-hydroxylation sites is 1. The first-order chi connectivity index (χ1) is 12.6. The molecule has 0 unspecified atom stereocenters. The molecule has 0 aliphatic heterocycles. The number of carbonyl (C=O) groups is 2. The lowest BCUT2D eigenvalue weighted by molar-refractivity contribution is -0.114. The fourth-order valence-electron chi connectivity index (χ4n) is 2.38. The molecule has 0 aromatic heterocycles. The number of anilines is 2. The third-order valence-electron chi connectivity index (χ3n) is 3.57. The molecule has 0 heterocycles. The van der Waals surface area contributed by atoms with Gasteiger partial charge in [0.15, 0.2) is 0 Å². The van der Waals surface area contributed by atoms with Crippen LogP contribution in [-0.2, 0) is 4.79 Å². The van der Waals surface area contributed by atoms with Crippen LogP contribution >= 0.6 is 11.8 Å². The minimum absolute atomic E-state index is 0.144. The van der Waals surface area contributed by atoms with Gasteiger partial charge in [0.2, 0.25) is 5.91 Å². The molecule has 2 amide bonds. The van der Waals surface area contributed by atoms with Gasteiger partial charge in [-0.25, -0.2) is 0 Å². The molecule has 130 valence electrons. The highest BCUT2D eigenvalue weighted by atomic mass is 32.2. The van der Waals surface area contributed by atoms with Crippen molar-refractivity contribution in [2.45, 2.75) is 16.7 Å². The molecule has 0 aliphatic rings. The first-order valence-electron chi connectivity index (χ1n) is 8.13. The van der Waals surface area contributed by atoms with Crippen molar-refractivity contribution in [1.29, 1.82) is 0 Å². The predicted molar refractivity (Wildman–Crippen MR) is 106 cm³/mol. The maximum Gasteiger partial charge on any atom is 0.255 e. The molecule has 26 heavy (non-hydrogen) atoms. The van der Waals surface area contributed by atoms with Gasteiger partial charge in [-0.1, -0.05) is 42.1 Å². The fourth-order valence-corrected chi connectivity index (χ4v) is 3.30. The average Bonchev–Trinajstić information content (AvgIpc) is 2.64. The van der Waals surface area contributed by atoms with Crippen molar-refractivity contribution in [3.8, 4) is 0 Å². The van der Waals surface area contributed by atoms with E-state index >= 15 is 0 Å². The Bertz CT molecular complexity index is 909. The second kappa shape index (κ2) is 8.36. The van der Waals surface area contributed by atoms with E-state index in [1.807, 2.05) is 54.6 Å². The van der Waals surface area contributed by atoms with Gasteiger partial charge >= 0.3 is 0 Å². The molecule has 3 rings (SSSR count). The normalized spacial score (nSPS) is 10.2. The molecular formula is C21H18N2O2S. The molecule has 0 aliphatic carbocycles. The van der Waals surface area contributed by atoms with E-state index in [1.54, 1.807) is 36.0 Å². The fraction of sp³-hybridized carbons (Fsp3) is 0.0476. The van der Waals surface area contributed by atoms with Crippen LogP contribution in [0.1, 0.15) is 17.3 Å². The summed E-state index contributed by atoms with van der Waals surface area (Å²) in [7, 11) is 0. The Morgan fingerprint density at radius 3 is 2.12 bits per heavy atom. The van der Waals surface area contributed by atoms with E-state index in [1.165, 1.54) is 6.92 Å². The minimum Gasteiger partial charge on any atom is -0.326 e. The minimum atomic E-state index is -0.194. The van der Waals surface area contributed by atoms with Gasteiger partial charge in [0.05, 0.1) is 5.69 Å². The van der Waals surface area contributed by atoms with Crippen LogP contribution in [-0.4, -0.2) is 11.8 Å². The molecule has 3 aromatic rings. The van der Waals surface area contributed by atoms with Crippen LogP contribution in [0.5, 0.6) is 0 Å². The molecule has 5 heteroatoms. The van der Waals surface area contributed by atoms with E-state index in [0.29, 0.717) is 11.3 Å². The van der Waals surface area contributed by atoms with Crippen molar-refractivity contribution < 1.29 is 9.59 Å². The van der Waals surface area contributed by atoms with Crippen molar-refractivity contribution in [3.05, 3.63) is 84.4 Å². The van der Waals surface area contributed by atoms with Crippen LogP contribution in [0.2, 0.25) is 0 Å². The van der Waals surface area contributed by atoms with Crippen LogP contribution in [0.4, 0.5) is 11.4 Å². The van der Waals surface area contributed by atoms with E-state index in [0.717, 1.165) is 15.5 Å². The summed E-state index contributed by atoms with van der Waals surface area (Å²) in [5, 5.41) is 5.64. The highest BCUT2D eigenvalue weighted by Crippen LogP contribution is 2.33. The zero-order valence-corrected chi connectivity index (χ0v) is 15.0. The molecule has 4 nitrogen and oxygen atoms in total. The van der Waals surface area contributed by atoms with E-state index < -0.39 is 0 Å². The van der Waals surface area contributed by atoms with Gasteiger partial charge in [0.25, 0.3) is 5.91 Å². The van der Waals surface area contributed by atoms with Gasteiger partial charge in [0.1, 0.15) is 0 Å². The molecule has 0 atom stereocenters. The highest BCUT2D eigenvalue weighted by molar-refractivity contribution is 7.99. The Balaban J connectivity index is 1.74. The second-order valence-corrected chi connectivity index (χ2v) is 6.74. The molecule has 0 fully saturated rings. The zero-order chi connectivity index (χ0) is 18.4. The number of amides is 2. The summed E-state index contributed by atoms with van der Waals surface area (Å²) >= 11 is 1.60.